The van der Waals surface area contributed by atoms with Gasteiger partial charge >= 0.3 is 6.03 Å². The van der Waals surface area contributed by atoms with Crippen molar-refractivity contribution in [3.63, 3.8) is 0 Å². The number of fused-ring (bicyclic) bond motifs is 1. The quantitative estimate of drug-likeness (QED) is 0.332. The van der Waals surface area contributed by atoms with Gasteiger partial charge in [0.15, 0.2) is 5.82 Å². The van der Waals surface area contributed by atoms with Gasteiger partial charge in [0.2, 0.25) is 0 Å². The van der Waals surface area contributed by atoms with Crippen LogP contribution in [-0.2, 0) is 6.54 Å². The number of nitrogen functional groups attached to an aromatic ring is 1. The molecule has 4 aromatic rings. The Balaban J connectivity index is 1.24. The van der Waals surface area contributed by atoms with E-state index in [-0.39, 0.29) is 41.3 Å². The van der Waals surface area contributed by atoms with Crippen molar-refractivity contribution in [2.75, 3.05) is 39.0 Å². The Morgan fingerprint density at radius 2 is 1.93 bits per heavy atom. The fourth-order valence-corrected chi connectivity index (χ4v) is 5.53. The number of carbonyl (C=O) groups excluding carboxylic acids is 2. The number of aromatic nitrogens is 3. The largest absolute Gasteiger partial charge is 0.496 e. The molecule has 4 heterocycles. The molecule has 2 fully saturated rings. The summed E-state index contributed by atoms with van der Waals surface area (Å²) in [5.74, 6) is -0.489. The number of benzene rings is 2. The van der Waals surface area contributed by atoms with E-state index in [9.17, 15) is 18.8 Å². The van der Waals surface area contributed by atoms with Gasteiger partial charge in [0.25, 0.3) is 11.5 Å². The standard InChI is InChI=1S/C29H30FN7O4/c1-41-23-8-7-19(30)13-21(23)27(38)32-14-17-3-5-18(6-4-17)22-16-37(25-24(22)26(31)33-34-28(25)39)20-9-12-36(15-20)29(40)35-10-2-11-35/h3-8,13,16,20H,2,9-12,14-15H2,1H3,(H2,31,33)(H,32,38)(H,34,39). The van der Waals surface area contributed by atoms with Crippen molar-refractivity contribution < 1.29 is 18.7 Å². The molecule has 2 aliphatic heterocycles. The average molecular weight is 560 g/mol. The normalized spacial score (nSPS) is 16.6. The number of aromatic amines is 1. The Kier molecular flexibility index (Phi) is 6.82. The van der Waals surface area contributed by atoms with Crippen molar-refractivity contribution >= 4 is 28.7 Å². The molecule has 0 aliphatic carbocycles. The zero-order chi connectivity index (χ0) is 28.7. The van der Waals surface area contributed by atoms with Gasteiger partial charge in [-0.2, -0.15) is 5.10 Å². The van der Waals surface area contributed by atoms with E-state index >= 15 is 0 Å². The second-order valence-electron chi connectivity index (χ2n) is 10.3. The molecule has 0 spiro atoms. The molecule has 2 saturated heterocycles. The number of likely N-dealkylation sites (tertiary alicyclic amines) is 2. The molecule has 2 aliphatic rings. The summed E-state index contributed by atoms with van der Waals surface area (Å²) in [6.07, 6.45) is 3.66. The topological polar surface area (TPSA) is 139 Å². The molecular formula is C29H30FN7O4. The summed E-state index contributed by atoms with van der Waals surface area (Å²) in [6.45, 7) is 2.92. The maximum absolute atomic E-state index is 13.7. The van der Waals surface area contributed by atoms with Crippen molar-refractivity contribution in [2.45, 2.75) is 25.4 Å². The molecular weight excluding hydrogens is 529 g/mol. The Bertz CT molecular complexity index is 1690. The van der Waals surface area contributed by atoms with E-state index in [1.54, 1.807) is 0 Å². The van der Waals surface area contributed by atoms with E-state index < -0.39 is 11.7 Å². The third-order valence-corrected chi connectivity index (χ3v) is 7.86. The lowest BCUT2D eigenvalue weighted by molar-refractivity contribution is 0.0947. The predicted molar refractivity (Wildman–Crippen MR) is 151 cm³/mol. The highest BCUT2D eigenvalue weighted by Gasteiger charge is 2.33. The van der Waals surface area contributed by atoms with Crippen LogP contribution in [0.1, 0.15) is 34.8 Å². The molecule has 2 aromatic heterocycles. The van der Waals surface area contributed by atoms with Gasteiger partial charge in [-0.1, -0.05) is 24.3 Å². The fraction of sp³-hybridized carbons (Fsp3) is 0.310. The highest BCUT2D eigenvalue weighted by atomic mass is 19.1. The van der Waals surface area contributed by atoms with Crippen LogP contribution in [0.4, 0.5) is 15.0 Å². The molecule has 1 unspecified atom stereocenters. The van der Waals surface area contributed by atoms with E-state index in [0.29, 0.717) is 24.0 Å². The first-order chi connectivity index (χ1) is 19.8. The van der Waals surface area contributed by atoms with Gasteiger partial charge in [0.05, 0.1) is 24.1 Å². The van der Waals surface area contributed by atoms with Gasteiger partial charge in [-0.15, -0.1) is 0 Å². The molecule has 0 bridgehead atoms. The lowest BCUT2D eigenvalue weighted by atomic mass is 10.0. The summed E-state index contributed by atoms with van der Waals surface area (Å²) >= 11 is 0. The molecule has 3 amide bonds. The summed E-state index contributed by atoms with van der Waals surface area (Å²) < 4.78 is 20.8. The van der Waals surface area contributed by atoms with Crippen LogP contribution >= 0.6 is 0 Å². The maximum atomic E-state index is 13.7. The zero-order valence-corrected chi connectivity index (χ0v) is 22.5. The third-order valence-electron chi connectivity index (χ3n) is 7.86. The Morgan fingerprint density at radius 3 is 2.63 bits per heavy atom. The lowest BCUT2D eigenvalue weighted by Crippen LogP contribution is -2.49. The highest BCUT2D eigenvalue weighted by molar-refractivity contribution is 6.02. The first kappa shape index (κ1) is 26.4. The van der Waals surface area contributed by atoms with Crippen LogP contribution in [0.5, 0.6) is 5.75 Å². The van der Waals surface area contributed by atoms with Crippen LogP contribution in [0, 0.1) is 5.82 Å². The molecule has 1 atom stereocenters. The second-order valence-corrected chi connectivity index (χ2v) is 10.3. The third kappa shape index (κ3) is 4.85. The second kappa shape index (κ2) is 10.6. The number of hydrogen-bond acceptors (Lipinski definition) is 6. The Morgan fingerprint density at radius 1 is 1.15 bits per heavy atom. The molecule has 12 heteroatoms. The lowest BCUT2D eigenvalue weighted by Gasteiger charge is -2.34. The Hall–Kier alpha value is -4.87. The monoisotopic (exact) mass is 559 g/mol. The maximum Gasteiger partial charge on any atom is 0.320 e. The van der Waals surface area contributed by atoms with Crippen molar-refractivity contribution in [3.05, 3.63) is 76.0 Å². The first-order valence-electron chi connectivity index (χ1n) is 13.5. The minimum Gasteiger partial charge on any atom is -0.496 e. The Labute approximate surface area is 234 Å². The number of rotatable bonds is 6. The number of amides is 3. The van der Waals surface area contributed by atoms with E-state index in [0.717, 1.165) is 48.7 Å². The fourth-order valence-electron chi connectivity index (χ4n) is 5.53. The van der Waals surface area contributed by atoms with Crippen molar-refractivity contribution in [3.8, 4) is 16.9 Å². The summed E-state index contributed by atoms with van der Waals surface area (Å²) in [4.78, 5) is 42.1. The molecule has 6 rings (SSSR count). The van der Waals surface area contributed by atoms with Gasteiger partial charge in [-0.05, 0) is 42.2 Å². The minimum absolute atomic E-state index is 0.0454. The van der Waals surface area contributed by atoms with Crippen LogP contribution in [0.25, 0.3) is 22.0 Å². The number of urea groups is 1. The zero-order valence-electron chi connectivity index (χ0n) is 22.5. The van der Waals surface area contributed by atoms with Crippen molar-refractivity contribution in [2.24, 2.45) is 0 Å². The SMILES string of the molecule is COc1ccc(F)cc1C(=O)NCc1ccc(-c2cn(C3CCN(C(=O)N4CCC4)C3)c3c(=O)[nH]nc(N)c23)cc1. The van der Waals surface area contributed by atoms with E-state index in [4.69, 9.17) is 10.5 Å². The molecule has 4 N–H and O–H groups in total. The van der Waals surface area contributed by atoms with Gasteiger partial charge in [-0.25, -0.2) is 14.3 Å². The first-order valence-corrected chi connectivity index (χ1v) is 13.5. The van der Waals surface area contributed by atoms with Crippen LogP contribution < -0.4 is 21.3 Å². The van der Waals surface area contributed by atoms with Crippen molar-refractivity contribution in [1.82, 2.24) is 29.9 Å². The molecule has 11 nitrogen and oxygen atoms in total. The van der Waals surface area contributed by atoms with Gasteiger partial charge < -0.3 is 30.2 Å². The number of carbonyl (C=O) groups is 2. The minimum atomic E-state index is -0.528. The number of nitrogens with two attached hydrogens (primary N) is 1. The summed E-state index contributed by atoms with van der Waals surface area (Å²) in [5.41, 5.74) is 8.85. The molecule has 0 saturated carbocycles. The number of ether oxygens (including phenoxy) is 1. The number of anilines is 1. The predicted octanol–water partition coefficient (Wildman–Crippen LogP) is 3.12. The summed E-state index contributed by atoms with van der Waals surface area (Å²) in [7, 11) is 1.42. The molecule has 2 aromatic carbocycles. The molecule has 0 radical (unpaired) electrons. The van der Waals surface area contributed by atoms with Crippen LogP contribution in [0.15, 0.2) is 53.5 Å². The van der Waals surface area contributed by atoms with E-state index in [1.165, 1.54) is 19.2 Å². The van der Waals surface area contributed by atoms with Gasteiger partial charge in [-0.3, -0.25) is 9.59 Å². The number of H-pyrrole nitrogens is 1. The van der Waals surface area contributed by atoms with Crippen LogP contribution in [-0.4, -0.2) is 69.8 Å². The molecule has 212 valence electrons. The number of hydrogen-bond donors (Lipinski definition) is 3. The molecule has 41 heavy (non-hydrogen) atoms. The summed E-state index contributed by atoms with van der Waals surface area (Å²) in [6, 6.07) is 11.3. The number of halogens is 1. The smallest absolute Gasteiger partial charge is 0.320 e. The highest BCUT2D eigenvalue weighted by Crippen LogP contribution is 2.36. The van der Waals surface area contributed by atoms with Crippen LogP contribution in [0.2, 0.25) is 0 Å². The van der Waals surface area contributed by atoms with Crippen molar-refractivity contribution in [1.29, 1.82) is 0 Å². The van der Waals surface area contributed by atoms with Crippen LogP contribution in [0.3, 0.4) is 0 Å². The number of methoxy groups -OCH3 is 1. The van der Waals surface area contributed by atoms with E-state index in [1.807, 2.05) is 44.8 Å². The number of nitrogens with zero attached hydrogens (tertiary/aromatic N) is 4. The number of nitrogens with one attached hydrogen (secondary N) is 2. The average Bonchev–Trinajstić information content (AvgIpc) is 3.59. The summed E-state index contributed by atoms with van der Waals surface area (Å²) in [5, 5.41) is 9.84. The van der Waals surface area contributed by atoms with E-state index in [2.05, 4.69) is 15.5 Å². The van der Waals surface area contributed by atoms with Gasteiger partial charge in [0.1, 0.15) is 17.1 Å². The van der Waals surface area contributed by atoms with Gasteiger partial charge in [0, 0.05) is 44.5 Å².